The molecule has 1 amide bonds. The minimum atomic E-state index is 0.131. The largest absolute Gasteiger partial charge is 0.460 e. The summed E-state index contributed by atoms with van der Waals surface area (Å²) in [6.45, 7) is 5.97. The molecule has 1 aliphatic rings. The molecule has 0 atom stereocenters. The van der Waals surface area contributed by atoms with E-state index in [9.17, 15) is 4.79 Å². The second-order valence-electron chi connectivity index (χ2n) is 7.58. The lowest BCUT2D eigenvalue weighted by Gasteiger charge is -2.29. The number of benzene rings is 1. The maximum Gasteiger partial charge on any atom is 0.317 e. The molecule has 1 aromatic heterocycles. The Balaban J connectivity index is 1.40. The van der Waals surface area contributed by atoms with Gasteiger partial charge in [-0.3, -0.25) is 4.79 Å². The summed E-state index contributed by atoms with van der Waals surface area (Å²) >= 11 is 0. The van der Waals surface area contributed by atoms with Gasteiger partial charge in [-0.05, 0) is 64.5 Å². The van der Waals surface area contributed by atoms with Gasteiger partial charge < -0.3 is 10.1 Å². The van der Waals surface area contributed by atoms with Crippen molar-refractivity contribution < 1.29 is 9.53 Å². The first-order valence-electron chi connectivity index (χ1n) is 9.82. The molecule has 0 bridgehead atoms. The summed E-state index contributed by atoms with van der Waals surface area (Å²) in [7, 11) is 0. The third kappa shape index (κ3) is 6.05. The van der Waals surface area contributed by atoms with Crippen LogP contribution in [0.25, 0.3) is 0 Å². The van der Waals surface area contributed by atoms with Gasteiger partial charge in [-0.1, -0.05) is 29.8 Å². The van der Waals surface area contributed by atoms with Crippen LogP contribution in [0.4, 0.5) is 0 Å². The molecule has 2 aromatic rings. The average Bonchev–Trinajstić information content (AvgIpc) is 2.61. The normalized spacial score (nSPS) is 19.5. The van der Waals surface area contributed by atoms with Gasteiger partial charge in [0, 0.05) is 23.9 Å². The van der Waals surface area contributed by atoms with Gasteiger partial charge in [-0.25, -0.2) is 9.97 Å². The first-order valence-corrected chi connectivity index (χ1v) is 9.82. The van der Waals surface area contributed by atoms with Gasteiger partial charge in [0.15, 0.2) is 0 Å². The van der Waals surface area contributed by atoms with Crippen LogP contribution in [0.15, 0.2) is 30.3 Å². The van der Waals surface area contributed by atoms with Gasteiger partial charge in [-0.2, -0.15) is 0 Å². The van der Waals surface area contributed by atoms with Gasteiger partial charge in [0.1, 0.15) is 6.10 Å². The van der Waals surface area contributed by atoms with E-state index in [1.54, 1.807) is 0 Å². The van der Waals surface area contributed by atoms with Gasteiger partial charge in [-0.15, -0.1) is 0 Å². The number of carbonyl (C=O) groups excluding carboxylic acids is 1. The van der Waals surface area contributed by atoms with Crippen LogP contribution in [0.2, 0.25) is 0 Å². The molecule has 0 unspecified atom stereocenters. The molecule has 0 spiro atoms. The van der Waals surface area contributed by atoms with Gasteiger partial charge in [0.05, 0.1) is 0 Å². The second kappa shape index (κ2) is 8.98. The van der Waals surface area contributed by atoms with Crippen molar-refractivity contribution in [2.45, 2.75) is 71.4 Å². The molecule has 0 aliphatic heterocycles. The van der Waals surface area contributed by atoms with E-state index in [4.69, 9.17) is 4.74 Å². The number of ether oxygens (including phenoxy) is 1. The van der Waals surface area contributed by atoms with Gasteiger partial charge >= 0.3 is 6.01 Å². The average molecular weight is 367 g/mol. The summed E-state index contributed by atoms with van der Waals surface area (Å²) in [5.74, 6) is 0.138. The first-order chi connectivity index (χ1) is 13.0. The quantitative estimate of drug-likeness (QED) is 0.842. The van der Waals surface area contributed by atoms with E-state index in [-0.39, 0.29) is 18.1 Å². The summed E-state index contributed by atoms with van der Waals surface area (Å²) in [6.07, 6.45) is 5.16. The molecular weight excluding hydrogens is 338 g/mol. The SMILES string of the molecule is Cc1cccc(CCC(=O)NC2CCC(Oc3nc(C)cc(C)n3)CC2)c1. The first kappa shape index (κ1) is 19.3. The minimum Gasteiger partial charge on any atom is -0.460 e. The van der Waals surface area contributed by atoms with Crippen molar-refractivity contribution in [2.24, 2.45) is 0 Å². The van der Waals surface area contributed by atoms with Crippen LogP contribution < -0.4 is 10.1 Å². The highest BCUT2D eigenvalue weighted by Gasteiger charge is 2.24. The van der Waals surface area contributed by atoms with E-state index in [0.29, 0.717) is 12.4 Å². The number of rotatable bonds is 6. The third-order valence-electron chi connectivity index (χ3n) is 5.00. The second-order valence-corrected chi connectivity index (χ2v) is 7.58. The van der Waals surface area contributed by atoms with Gasteiger partial charge in [0.2, 0.25) is 5.91 Å². The van der Waals surface area contributed by atoms with Crippen LogP contribution in [0, 0.1) is 20.8 Å². The van der Waals surface area contributed by atoms with Crippen molar-refractivity contribution >= 4 is 5.91 Å². The summed E-state index contributed by atoms with van der Waals surface area (Å²) in [5, 5.41) is 3.18. The molecule has 1 fully saturated rings. The molecule has 5 nitrogen and oxygen atoms in total. The Morgan fingerprint density at radius 1 is 1.07 bits per heavy atom. The van der Waals surface area contributed by atoms with Crippen molar-refractivity contribution in [3.8, 4) is 6.01 Å². The third-order valence-corrected chi connectivity index (χ3v) is 5.00. The molecule has 1 heterocycles. The molecule has 1 N–H and O–H groups in total. The zero-order valence-electron chi connectivity index (χ0n) is 16.5. The highest BCUT2D eigenvalue weighted by atomic mass is 16.5. The van der Waals surface area contributed by atoms with E-state index in [1.165, 1.54) is 11.1 Å². The molecule has 0 radical (unpaired) electrons. The van der Waals surface area contributed by atoms with Crippen molar-refractivity contribution in [1.82, 2.24) is 15.3 Å². The molecule has 27 heavy (non-hydrogen) atoms. The molecule has 1 aliphatic carbocycles. The van der Waals surface area contributed by atoms with Crippen LogP contribution >= 0.6 is 0 Å². The van der Waals surface area contributed by atoms with Crippen LogP contribution in [0.3, 0.4) is 0 Å². The summed E-state index contributed by atoms with van der Waals surface area (Å²) < 4.78 is 5.95. The number of aromatic nitrogens is 2. The van der Waals surface area contributed by atoms with E-state index >= 15 is 0 Å². The monoisotopic (exact) mass is 367 g/mol. The maximum atomic E-state index is 12.3. The van der Waals surface area contributed by atoms with E-state index in [0.717, 1.165) is 43.5 Å². The topological polar surface area (TPSA) is 64.1 Å². The number of nitrogens with one attached hydrogen (secondary N) is 1. The van der Waals surface area contributed by atoms with Crippen molar-refractivity contribution in [1.29, 1.82) is 0 Å². The fraction of sp³-hybridized carbons (Fsp3) is 0.500. The Hall–Kier alpha value is -2.43. The summed E-state index contributed by atoms with van der Waals surface area (Å²) in [5.41, 5.74) is 4.30. The molecule has 144 valence electrons. The molecule has 1 saturated carbocycles. The highest BCUT2D eigenvalue weighted by Crippen LogP contribution is 2.22. The minimum absolute atomic E-state index is 0.131. The number of amides is 1. The Bertz CT molecular complexity index is 763. The fourth-order valence-electron chi connectivity index (χ4n) is 3.65. The predicted molar refractivity (Wildman–Crippen MR) is 106 cm³/mol. The van der Waals surface area contributed by atoms with E-state index in [1.807, 2.05) is 26.0 Å². The molecule has 5 heteroatoms. The number of aryl methyl sites for hydroxylation is 4. The van der Waals surface area contributed by atoms with Crippen LogP contribution in [-0.2, 0) is 11.2 Å². The number of hydrogen-bond acceptors (Lipinski definition) is 4. The molecule has 1 aromatic carbocycles. The molecule has 0 saturated heterocycles. The highest BCUT2D eigenvalue weighted by molar-refractivity contribution is 5.76. The molecular formula is C22H29N3O2. The van der Waals surface area contributed by atoms with Crippen molar-refractivity contribution in [3.05, 3.63) is 52.8 Å². The van der Waals surface area contributed by atoms with Crippen molar-refractivity contribution in [3.63, 3.8) is 0 Å². The Morgan fingerprint density at radius 3 is 2.44 bits per heavy atom. The zero-order chi connectivity index (χ0) is 19.2. The Labute approximate surface area is 161 Å². The summed E-state index contributed by atoms with van der Waals surface area (Å²) in [6, 6.07) is 11.0. The lowest BCUT2D eigenvalue weighted by molar-refractivity contribution is -0.122. The maximum absolute atomic E-state index is 12.3. The van der Waals surface area contributed by atoms with E-state index in [2.05, 4.69) is 40.4 Å². The molecule has 3 rings (SSSR count). The standard InChI is InChI=1S/C22H29N3O2/c1-15-5-4-6-18(13-15)7-12-21(26)25-19-8-10-20(11-9-19)27-22-23-16(2)14-17(3)24-22/h4-6,13-14,19-20H,7-12H2,1-3H3,(H,25,26). The van der Waals surface area contributed by atoms with Crippen molar-refractivity contribution in [2.75, 3.05) is 0 Å². The van der Waals surface area contributed by atoms with Crippen LogP contribution in [0.5, 0.6) is 6.01 Å². The van der Waals surface area contributed by atoms with Crippen LogP contribution in [-0.4, -0.2) is 28.0 Å². The fourth-order valence-corrected chi connectivity index (χ4v) is 3.65. The smallest absolute Gasteiger partial charge is 0.317 e. The van der Waals surface area contributed by atoms with Crippen LogP contribution in [0.1, 0.15) is 54.6 Å². The Morgan fingerprint density at radius 2 is 1.78 bits per heavy atom. The lowest BCUT2D eigenvalue weighted by atomic mass is 9.93. The lowest BCUT2D eigenvalue weighted by Crippen LogP contribution is -2.39. The number of hydrogen-bond donors (Lipinski definition) is 1. The zero-order valence-corrected chi connectivity index (χ0v) is 16.5. The Kier molecular flexibility index (Phi) is 6.43. The van der Waals surface area contributed by atoms with Gasteiger partial charge in [0.25, 0.3) is 0 Å². The number of nitrogens with zero attached hydrogens (tertiary/aromatic N) is 2. The predicted octanol–water partition coefficient (Wildman–Crippen LogP) is 3.84. The summed E-state index contributed by atoms with van der Waals surface area (Å²) in [4.78, 5) is 21.0. The van der Waals surface area contributed by atoms with E-state index < -0.39 is 0 Å². The number of carbonyl (C=O) groups is 1.